The molecule has 0 aliphatic heterocycles. The minimum Gasteiger partial charge on any atom is -0.491 e. The first-order valence-electron chi connectivity index (χ1n) is 7.75. The van der Waals surface area contributed by atoms with E-state index in [-0.39, 0.29) is 6.10 Å². The van der Waals surface area contributed by atoms with Crippen LogP contribution in [0.5, 0.6) is 5.75 Å². The molecule has 1 aromatic rings. The molecule has 0 unspecified atom stereocenters. The van der Waals surface area contributed by atoms with Gasteiger partial charge in [-0.2, -0.15) is 0 Å². The fourth-order valence-electron chi connectivity index (χ4n) is 1.93. The van der Waals surface area contributed by atoms with E-state index in [0.717, 1.165) is 38.3 Å². The molecule has 0 radical (unpaired) electrons. The minimum atomic E-state index is 0.214. The van der Waals surface area contributed by atoms with Crippen LogP contribution >= 0.6 is 0 Å². The predicted octanol–water partition coefficient (Wildman–Crippen LogP) is 3.01. The van der Waals surface area contributed by atoms with Crippen LogP contribution in [0, 0.1) is 0 Å². The van der Waals surface area contributed by atoms with Gasteiger partial charge in [0.1, 0.15) is 5.75 Å². The van der Waals surface area contributed by atoms with Crippen molar-refractivity contribution in [3.8, 4) is 5.75 Å². The lowest BCUT2D eigenvalue weighted by Gasteiger charge is -2.11. The topological polar surface area (TPSA) is 39.7 Å². The van der Waals surface area contributed by atoms with E-state index in [4.69, 9.17) is 14.2 Å². The van der Waals surface area contributed by atoms with E-state index in [9.17, 15) is 0 Å². The van der Waals surface area contributed by atoms with Gasteiger partial charge in [0.15, 0.2) is 0 Å². The van der Waals surface area contributed by atoms with E-state index in [2.05, 4.69) is 17.4 Å². The van der Waals surface area contributed by atoms with Crippen molar-refractivity contribution in [3.05, 3.63) is 29.8 Å². The van der Waals surface area contributed by atoms with Crippen LogP contribution in [0.25, 0.3) is 0 Å². The van der Waals surface area contributed by atoms with Crippen LogP contribution in [-0.2, 0) is 16.0 Å². The molecule has 4 heteroatoms. The van der Waals surface area contributed by atoms with Crippen molar-refractivity contribution in [2.45, 2.75) is 39.3 Å². The van der Waals surface area contributed by atoms with Crippen LogP contribution in [0.2, 0.25) is 0 Å². The Morgan fingerprint density at radius 1 is 1.10 bits per heavy atom. The molecule has 21 heavy (non-hydrogen) atoms. The highest BCUT2D eigenvalue weighted by molar-refractivity contribution is 5.28. The van der Waals surface area contributed by atoms with Crippen LogP contribution in [-0.4, -0.2) is 39.6 Å². The van der Waals surface area contributed by atoms with E-state index in [1.807, 2.05) is 26.0 Å². The summed E-state index contributed by atoms with van der Waals surface area (Å²) in [5, 5.41) is 3.45. The highest BCUT2D eigenvalue weighted by Crippen LogP contribution is 2.14. The molecule has 0 bridgehead atoms. The Hall–Kier alpha value is -1.10. The zero-order chi connectivity index (χ0) is 15.3. The molecule has 1 rings (SSSR count). The summed E-state index contributed by atoms with van der Waals surface area (Å²) >= 11 is 0. The first kappa shape index (κ1) is 18.0. The molecule has 1 N–H and O–H groups in total. The highest BCUT2D eigenvalue weighted by atomic mass is 16.5. The lowest BCUT2D eigenvalue weighted by molar-refractivity contribution is 0.0688. The van der Waals surface area contributed by atoms with Gasteiger partial charge in [0.2, 0.25) is 0 Å². The van der Waals surface area contributed by atoms with Crippen LogP contribution < -0.4 is 10.1 Å². The van der Waals surface area contributed by atoms with Crippen molar-refractivity contribution in [1.82, 2.24) is 5.32 Å². The summed E-state index contributed by atoms with van der Waals surface area (Å²) in [6.07, 6.45) is 2.41. The van der Waals surface area contributed by atoms with Gasteiger partial charge in [-0.15, -0.1) is 0 Å². The van der Waals surface area contributed by atoms with Gasteiger partial charge in [0, 0.05) is 20.3 Å². The third-order valence-electron chi connectivity index (χ3n) is 2.92. The molecule has 1 aromatic carbocycles. The van der Waals surface area contributed by atoms with Gasteiger partial charge in [-0.3, -0.25) is 0 Å². The zero-order valence-corrected chi connectivity index (χ0v) is 13.6. The van der Waals surface area contributed by atoms with Gasteiger partial charge in [-0.1, -0.05) is 12.1 Å². The second-order valence-electron chi connectivity index (χ2n) is 5.30. The van der Waals surface area contributed by atoms with Crippen molar-refractivity contribution in [1.29, 1.82) is 0 Å². The van der Waals surface area contributed by atoms with Gasteiger partial charge in [0.25, 0.3) is 0 Å². The average molecular weight is 295 g/mol. The maximum atomic E-state index is 5.69. The number of unbranched alkanes of at least 4 members (excludes halogenated alkanes) is 1. The third kappa shape index (κ3) is 9.45. The monoisotopic (exact) mass is 295 g/mol. The first-order valence-corrected chi connectivity index (χ1v) is 7.75. The zero-order valence-electron chi connectivity index (χ0n) is 13.6. The Morgan fingerprint density at radius 2 is 1.95 bits per heavy atom. The predicted molar refractivity (Wildman–Crippen MR) is 85.8 cm³/mol. The van der Waals surface area contributed by atoms with Gasteiger partial charge in [0.05, 0.1) is 19.3 Å². The highest BCUT2D eigenvalue weighted by Gasteiger charge is 1.99. The van der Waals surface area contributed by atoms with Crippen molar-refractivity contribution in [2.24, 2.45) is 0 Å². The summed E-state index contributed by atoms with van der Waals surface area (Å²) in [6, 6.07) is 8.26. The maximum Gasteiger partial charge on any atom is 0.120 e. The normalized spacial score (nSPS) is 11.0. The molecule has 0 amide bonds. The fourth-order valence-corrected chi connectivity index (χ4v) is 1.93. The first-order chi connectivity index (χ1) is 10.2. The van der Waals surface area contributed by atoms with Crippen LogP contribution in [0.1, 0.15) is 32.3 Å². The number of methoxy groups -OCH3 is 1. The summed E-state index contributed by atoms with van der Waals surface area (Å²) in [7, 11) is 1.69. The van der Waals surface area contributed by atoms with Gasteiger partial charge in [-0.25, -0.2) is 0 Å². The SMILES string of the molecule is COCCOCCCCNCc1cccc(OC(C)C)c1. The number of benzene rings is 1. The number of nitrogens with one attached hydrogen (secondary N) is 1. The van der Waals surface area contributed by atoms with Crippen molar-refractivity contribution < 1.29 is 14.2 Å². The largest absolute Gasteiger partial charge is 0.491 e. The van der Waals surface area contributed by atoms with Crippen molar-refractivity contribution >= 4 is 0 Å². The van der Waals surface area contributed by atoms with Crippen LogP contribution in [0.15, 0.2) is 24.3 Å². The molecule has 120 valence electrons. The molecule has 0 spiro atoms. The number of hydrogen-bond donors (Lipinski definition) is 1. The fraction of sp³-hybridized carbons (Fsp3) is 0.647. The standard InChI is InChI=1S/C17H29NO3/c1-15(2)21-17-8-6-7-16(13-17)14-18-9-4-5-10-20-12-11-19-3/h6-8,13,15,18H,4-5,9-12,14H2,1-3H3. The lowest BCUT2D eigenvalue weighted by atomic mass is 10.2. The van der Waals surface area contributed by atoms with Gasteiger partial charge < -0.3 is 19.5 Å². The number of ether oxygens (including phenoxy) is 3. The van der Waals surface area contributed by atoms with Gasteiger partial charge in [-0.05, 0) is 50.9 Å². The minimum absolute atomic E-state index is 0.214. The summed E-state index contributed by atoms with van der Waals surface area (Å²) in [6.45, 7) is 8.13. The molecule has 4 nitrogen and oxygen atoms in total. The molecule has 0 aliphatic carbocycles. The van der Waals surface area contributed by atoms with E-state index in [1.165, 1.54) is 5.56 Å². The smallest absolute Gasteiger partial charge is 0.120 e. The molecular formula is C17H29NO3. The maximum absolute atomic E-state index is 5.69. The van der Waals surface area contributed by atoms with E-state index >= 15 is 0 Å². The average Bonchev–Trinajstić information content (AvgIpc) is 2.45. The Kier molecular flexibility index (Phi) is 9.87. The molecule has 0 atom stereocenters. The molecule has 0 saturated carbocycles. The van der Waals surface area contributed by atoms with E-state index in [0.29, 0.717) is 13.2 Å². The van der Waals surface area contributed by atoms with Gasteiger partial charge >= 0.3 is 0 Å². The Balaban J connectivity index is 2.07. The molecule has 0 saturated heterocycles. The molecule has 0 heterocycles. The Labute approximate surface area is 128 Å². The molecule has 0 aliphatic rings. The second kappa shape index (κ2) is 11.5. The third-order valence-corrected chi connectivity index (χ3v) is 2.92. The Bertz CT molecular complexity index is 369. The van der Waals surface area contributed by atoms with Crippen LogP contribution in [0.3, 0.4) is 0 Å². The second-order valence-corrected chi connectivity index (χ2v) is 5.30. The van der Waals surface area contributed by atoms with Crippen LogP contribution in [0.4, 0.5) is 0 Å². The summed E-state index contributed by atoms with van der Waals surface area (Å²) < 4.78 is 16.0. The van der Waals surface area contributed by atoms with E-state index < -0.39 is 0 Å². The molecular weight excluding hydrogens is 266 g/mol. The lowest BCUT2D eigenvalue weighted by Crippen LogP contribution is -2.15. The summed E-state index contributed by atoms with van der Waals surface area (Å²) in [5.41, 5.74) is 1.25. The number of rotatable bonds is 12. The summed E-state index contributed by atoms with van der Waals surface area (Å²) in [4.78, 5) is 0. The molecule has 0 fully saturated rings. The van der Waals surface area contributed by atoms with Crippen molar-refractivity contribution in [3.63, 3.8) is 0 Å². The Morgan fingerprint density at radius 3 is 2.71 bits per heavy atom. The quantitative estimate of drug-likeness (QED) is 0.602. The molecule has 0 aromatic heterocycles. The van der Waals surface area contributed by atoms with Crippen molar-refractivity contribution in [2.75, 3.05) is 33.5 Å². The number of hydrogen-bond acceptors (Lipinski definition) is 4. The van der Waals surface area contributed by atoms with E-state index in [1.54, 1.807) is 7.11 Å². The summed E-state index contributed by atoms with van der Waals surface area (Å²) in [5.74, 6) is 0.941.